The van der Waals surface area contributed by atoms with E-state index >= 15 is 0 Å². The van der Waals surface area contributed by atoms with Gasteiger partial charge in [-0.05, 0) is 26.3 Å². The molecular weight excluding hydrogens is 284 g/mol. The molecular formula is C13H17ClN2O4. The van der Waals surface area contributed by atoms with Crippen LogP contribution in [-0.2, 0) is 4.79 Å². The first-order chi connectivity index (χ1) is 9.25. The third kappa shape index (κ3) is 4.70. The summed E-state index contributed by atoms with van der Waals surface area (Å²) in [7, 11) is 0. The van der Waals surface area contributed by atoms with E-state index in [-0.39, 0.29) is 28.8 Å². The van der Waals surface area contributed by atoms with Gasteiger partial charge in [0.15, 0.2) is 6.61 Å². The molecule has 20 heavy (non-hydrogen) atoms. The van der Waals surface area contributed by atoms with Gasteiger partial charge in [-0.15, -0.1) is 0 Å². The van der Waals surface area contributed by atoms with Crippen molar-refractivity contribution in [3.63, 3.8) is 0 Å². The van der Waals surface area contributed by atoms with Gasteiger partial charge < -0.3 is 10.1 Å². The zero-order valence-electron chi connectivity index (χ0n) is 11.6. The molecule has 0 atom stereocenters. The summed E-state index contributed by atoms with van der Waals surface area (Å²) in [5, 5.41) is 13.4. The number of nitro benzene ring substituents is 1. The van der Waals surface area contributed by atoms with Gasteiger partial charge in [0.25, 0.3) is 11.6 Å². The third-order valence-electron chi connectivity index (χ3n) is 2.85. The zero-order valence-corrected chi connectivity index (χ0v) is 12.4. The van der Waals surface area contributed by atoms with Crippen LogP contribution in [0.3, 0.4) is 0 Å². The van der Waals surface area contributed by atoms with Gasteiger partial charge in [-0.3, -0.25) is 14.9 Å². The number of nitro groups is 1. The lowest BCUT2D eigenvalue weighted by molar-refractivity contribution is -0.384. The molecule has 0 saturated heterocycles. The van der Waals surface area contributed by atoms with Gasteiger partial charge in [-0.25, -0.2) is 0 Å². The molecule has 6 nitrogen and oxygen atoms in total. The van der Waals surface area contributed by atoms with Crippen molar-refractivity contribution in [3.8, 4) is 5.75 Å². The lowest BCUT2D eigenvalue weighted by Crippen LogP contribution is -2.44. The summed E-state index contributed by atoms with van der Waals surface area (Å²) in [5.74, 6) is 0.0522. The molecule has 0 spiro atoms. The van der Waals surface area contributed by atoms with Crippen molar-refractivity contribution in [2.24, 2.45) is 0 Å². The average Bonchev–Trinajstić information content (AvgIpc) is 2.35. The van der Waals surface area contributed by atoms with Crippen LogP contribution in [0.5, 0.6) is 5.75 Å². The summed E-state index contributed by atoms with van der Waals surface area (Å²) in [5.41, 5.74) is -0.497. The Labute approximate surface area is 122 Å². The Hall–Kier alpha value is -1.82. The van der Waals surface area contributed by atoms with E-state index in [4.69, 9.17) is 16.3 Å². The summed E-state index contributed by atoms with van der Waals surface area (Å²) in [4.78, 5) is 21.7. The van der Waals surface area contributed by atoms with Gasteiger partial charge in [-0.2, -0.15) is 0 Å². The van der Waals surface area contributed by atoms with E-state index in [0.717, 1.165) is 6.42 Å². The van der Waals surface area contributed by atoms with Crippen LogP contribution >= 0.6 is 11.6 Å². The number of nitrogens with zero attached hydrogens (tertiary/aromatic N) is 1. The van der Waals surface area contributed by atoms with Gasteiger partial charge >= 0.3 is 0 Å². The first-order valence-electron chi connectivity index (χ1n) is 6.13. The maximum atomic E-state index is 11.7. The minimum Gasteiger partial charge on any atom is -0.484 e. The topological polar surface area (TPSA) is 81.5 Å². The number of rotatable bonds is 6. The molecule has 1 amide bonds. The largest absolute Gasteiger partial charge is 0.484 e. The number of amides is 1. The summed E-state index contributed by atoms with van der Waals surface area (Å²) in [6.45, 7) is 5.62. The van der Waals surface area contributed by atoms with Gasteiger partial charge in [0.2, 0.25) is 0 Å². The molecule has 0 bridgehead atoms. The molecule has 1 aromatic carbocycles. The van der Waals surface area contributed by atoms with E-state index in [9.17, 15) is 14.9 Å². The van der Waals surface area contributed by atoms with Crippen molar-refractivity contribution in [3.05, 3.63) is 33.3 Å². The van der Waals surface area contributed by atoms with Crippen LogP contribution in [0.1, 0.15) is 27.2 Å². The van der Waals surface area contributed by atoms with E-state index < -0.39 is 4.92 Å². The van der Waals surface area contributed by atoms with Crippen molar-refractivity contribution >= 4 is 23.2 Å². The second-order valence-corrected chi connectivity index (χ2v) is 5.35. The smallest absolute Gasteiger partial charge is 0.288 e. The fourth-order valence-corrected chi connectivity index (χ4v) is 1.62. The maximum absolute atomic E-state index is 11.7. The number of halogens is 1. The number of carbonyl (C=O) groups excluding carboxylic acids is 1. The first-order valence-corrected chi connectivity index (χ1v) is 6.50. The Bertz CT molecular complexity index is 517. The molecule has 0 saturated carbocycles. The number of ether oxygens (including phenoxy) is 1. The second kappa shape index (κ2) is 6.56. The van der Waals surface area contributed by atoms with Crippen molar-refractivity contribution in [1.29, 1.82) is 0 Å². The van der Waals surface area contributed by atoms with Crippen molar-refractivity contribution in [2.45, 2.75) is 32.7 Å². The van der Waals surface area contributed by atoms with Crippen LogP contribution in [0.15, 0.2) is 18.2 Å². The Balaban J connectivity index is 2.60. The molecule has 0 aliphatic carbocycles. The highest BCUT2D eigenvalue weighted by atomic mass is 35.5. The zero-order chi connectivity index (χ0) is 15.3. The van der Waals surface area contributed by atoms with Gasteiger partial charge in [-0.1, -0.05) is 18.5 Å². The highest BCUT2D eigenvalue weighted by Gasteiger charge is 2.18. The maximum Gasteiger partial charge on any atom is 0.288 e. The van der Waals surface area contributed by atoms with E-state index in [0.29, 0.717) is 5.75 Å². The number of hydrogen-bond donors (Lipinski definition) is 1. The van der Waals surface area contributed by atoms with Crippen LogP contribution < -0.4 is 10.1 Å². The highest BCUT2D eigenvalue weighted by molar-refractivity contribution is 6.32. The van der Waals surface area contributed by atoms with Crippen LogP contribution in [0.25, 0.3) is 0 Å². The molecule has 0 aliphatic rings. The summed E-state index contributed by atoms with van der Waals surface area (Å²) in [6, 6.07) is 3.96. The third-order valence-corrected chi connectivity index (χ3v) is 3.15. The van der Waals surface area contributed by atoms with Crippen LogP contribution in [0.2, 0.25) is 5.02 Å². The molecule has 0 aliphatic heterocycles. The minimum absolute atomic E-state index is 0.0261. The Morgan fingerprint density at radius 3 is 2.65 bits per heavy atom. The van der Waals surface area contributed by atoms with E-state index in [1.165, 1.54) is 18.2 Å². The predicted octanol–water partition coefficient (Wildman–Crippen LogP) is 2.93. The van der Waals surface area contributed by atoms with Crippen molar-refractivity contribution in [2.75, 3.05) is 6.61 Å². The summed E-state index contributed by atoms with van der Waals surface area (Å²) in [6.07, 6.45) is 0.794. The monoisotopic (exact) mass is 300 g/mol. The standard InChI is InChI=1S/C13H17ClN2O4/c1-4-13(2,3)15-12(17)8-20-9-5-6-11(16(18)19)10(14)7-9/h5-7H,4,8H2,1-3H3,(H,15,17). The SMILES string of the molecule is CCC(C)(C)NC(=O)COc1ccc([N+](=O)[O-])c(Cl)c1. The molecule has 0 radical (unpaired) electrons. The normalized spacial score (nSPS) is 11.0. The Morgan fingerprint density at radius 2 is 2.15 bits per heavy atom. The molecule has 1 N–H and O–H groups in total. The molecule has 1 aromatic rings. The molecule has 0 heterocycles. The molecule has 7 heteroatoms. The van der Waals surface area contributed by atoms with E-state index in [2.05, 4.69) is 5.32 Å². The molecule has 0 unspecified atom stereocenters. The molecule has 1 rings (SSSR count). The quantitative estimate of drug-likeness (QED) is 0.647. The minimum atomic E-state index is -0.581. The van der Waals surface area contributed by atoms with E-state index in [1.54, 1.807) is 0 Å². The van der Waals surface area contributed by atoms with Gasteiger partial charge in [0.1, 0.15) is 10.8 Å². The van der Waals surface area contributed by atoms with Crippen molar-refractivity contribution < 1.29 is 14.5 Å². The first kappa shape index (κ1) is 16.2. The van der Waals surface area contributed by atoms with Gasteiger partial charge in [0, 0.05) is 17.7 Å². The summed E-state index contributed by atoms with van der Waals surface area (Å²) >= 11 is 5.75. The van der Waals surface area contributed by atoms with Crippen LogP contribution in [-0.4, -0.2) is 23.0 Å². The van der Waals surface area contributed by atoms with Crippen LogP contribution in [0, 0.1) is 10.1 Å². The fraction of sp³-hybridized carbons (Fsp3) is 0.462. The van der Waals surface area contributed by atoms with Gasteiger partial charge in [0.05, 0.1) is 4.92 Å². The predicted molar refractivity (Wildman–Crippen MR) is 76.1 cm³/mol. The average molecular weight is 301 g/mol. The Kier molecular flexibility index (Phi) is 5.33. The summed E-state index contributed by atoms with van der Waals surface area (Å²) < 4.78 is 5.25. The number of hydrogen-bond acceptors (Lipinski definition) is 4. The number of carbonyl (C=O) groups is 1. The molecule has 110 valence electrons. The molecule has 0 aromatic heterocycles. The second-order valence-electron chi connectivity index (χ2n) is 4.94. The van der Waals surface area contributed by atoms with E-state index in [1.807, 2.05) is 20.8 Å². The fourth-order valence-electron chi connectivity index (χ4n) is 1.38. The van der Waals surface area contributed by atoms with Crippen LogP contribution in [0.4, 0.5) is 5.69 Å². The van der Waals surface area contributed by atoms with Crippen molar-refractivity contribution in [1.82, 2.24) is 5.32 Å². The lowest BCUT2D eigenvalue weighted by atomic mass is 10.0. The highest BCUT2D eigenvalue weighted by Crippen LogP contribution is 2.28. The number of nitrogens with one attached hydrogen (secondary N) is 1. The lowest BCUT2D eigenvalue weighted by Gasteiger charge is -2.24. The Morgan fingerprint density at radius 1 is 1.50 bits per heavy atom. The molecule has 0 fully saturated rings. The number of benzene rings is 1.